The number of Topliss-reactive ketones (excluding diaryl/α,β-unsaturated/α-hetero) is 1. The van der Waals surface area contributed by atoms with E-state index >= 15 is 4.79 Å². The van der Waals surface area contributed by atoms with Gasteiger partial charge in [-0.3, -0.25) is 19.9 Å². The van der Waals surface area contributed by atoms with Gasteiger partial charge in [-0.05, 0) is 159 Å². The SMILES string of the molecule is C=C1/C=C/C=C(\[C@H]2CC[C@@]3([C@@H]4CC[C@H](O)Cc5cccc(c5)C[C@H]([C@H](CN=C(N)N)c5ccc(O)cc5)[C@H](O)CN[C@H]5C(=O)N[C@H](N)c6cccc(c65)CC(=O)C(C)=C4CC[C@@]3(C)O)[C@@H]2O)COCC#CC/C(CCCc2ccccc2)=C/CC1(O)O. The Kier molecular flexibility index (Phi) is 21.1. The number of hydrogen-bond donors (Lipinski definition) is 12. The number of rotatable bonds is 9. The Bertz CT molecular complexity index is 3330. The van der Waals surface area contributed by atoms with E-state index in [9.17, 15) is 40.5 Å². The van der Waals surface area contributed by atoms with Crippen molar-refractivity contribution in [1.82, 2.24) is 10.6 Å². The van der Waals surface area contributed by atoms with E-state index in [0.29, 0.717) is 66.4 Å². The number of phenolic OH excluding ortho intramolecular Hbond substituents is 1. The topological polar surface area (TPSA) is 299 Å². The number of β-amino-alcohol motifs (C(OH)–C–C–N with tert-alkyl or cyclic N) is 1. The number of amides is 1. The number of ether oxygens (including phenoxy) is 1. The molecule has 2 fully saturated rings. The monoisotopic (exact) mass is 1180 g/mol. The highest BCUT2D eigenvalue weighted by molar-refractivity contribution is 5.98. The number of nitrogens with one attached hydrogen (secondary N) is 2. The van der Waals surface area contributed by atoms with E-state index in [-0.39, 0.29) is 81.5 Å². The molecule has 4 aromatic rings. The van der Waals surface area contributed by atoms with E-state index < -0.39 is 76.9 Å². The van der Waals surface area contributed by atoms with Gasteiger partial charge in [-0.15, -0.1) is 0 Å². The number of aliphatic hydroxyl groups is 6. The van der Waals surface area contributed by atoms with Gasteiger partial charge in [-0.1, -0.05) is 139 Å². The number of aliphatic imine (C=N–C) groups is 1. The third-order valence-corrected chi connectivity index (χ3v) is 19.4. The number of aryl methyl sites for hydroxylation is 1. The first-order valence-electron chi connectivity index (χ1n) is 30.7. The maximum absolute atomic E-state index is 15.2. The third-order valence-electron chi connectivity index (χ3n) is 19.4. The average molecular weight is 1190 g/mol. The molecule has 16 nitrogen and oxygen atoms in total. The van der Waals surface area contributed by atoms with Crippen molar-refractivity contribution in [3.05, 3.63) is 195 Å². The van der Waals surface area contributed by atoms with Crippen molar-refractivity contribution in [3.8, 4) is 17.6 Å². The molecule has 0 aromatic heterocycles. The summed E-state index contributed by atoms with van der Waals surface area (Å²) in [6.07, 6.45) is 8.12. The number of benzene rings is 4. The number of nitrogens with two attached hydrogens (primary N) is 3. The van der Waals surface area contributed by atoms with Crippen LogP contribution in [-0.4, -0.2) is 109 Å². The van der Waals surface area contributed by atoms with Crippen LogP contribution in [0.5, 0.6) is 5.75 Å². The van der Waals surface area contributed by atoms with E-state index in [1.165, 1.54) is 5.56 Å². The van der Waals surface area contributed by atoms with Crippen LogP contribution < -0.4 is 27.8 Å². The fourth-order valence-electron chi connectivity index (χ4n) is 14.5. The molecule has 9 rings (SSSR count). The summed E-state index contributed by atoms with van der Waals surface area (Å²) in [6.45, 7) is 7.84. The van der Waals surface area contributed by atoms with E-state index in [1.807, 2.05) is 72.8 Å². The van der Waals surface area contributed by atoms with Crippen LogP contribution in [0.15, 0.2) is 161 Å². The molecule has 4 aromatic carbocycles. The third kappa shape index (κ3) is 15.1. The molecule has 1 amide bonds. The lowest BCUT2D eigenvalue weighted by Gasteiger charge is -2.56. The Labute approximate surface area is 511 Å². The number of nitrogens with zero attached hydrogens (tertiary/aromatic N) is 1. The van der Waals surface area contributed by atoms with E-state index in [4.69, 9.17) is 21.9 Å². The zero-order valence-electron chi connectivity index (χ0n) is 50.2. The number of aliphatic hydroxyl groups excluding tert-OH is 3. The first kappa shape index (κ1) is 64.5. The Morgan fingerprint density at radius 3 is 2.40 bits per heavy atom. The molecule has 3 heterocycles. The fraction of sp³-hybridized carbons (Fsp3) is 0.451. The van der Waals surface area contributed by atoms with Gasteiger partial charge in [0.25, 0.3) is 0 Å². The predicted octanol–water partition coefficient (Wildman–Crippen LogP) is 6.91. The van der Waals surface area contributed by atoms with Gasteiger partial charge in [0, 0.05) is 55.2 Å². The van der Waals surface area contributed by atoms with Gasteiger partial charge in [0.15, 0.2) is 17.5 Å². The van der Waals surface area contributed by atoms with Crippen LogP contribution in [0.25, 0.3) is 0 Å². The highest BCUT2D eigenvalue weighted by Crippen LogP contribution is 2.63. The van der Waals surface area contributed by atoms with Gasteiger partial charge in [-0.2, -0.15) is 0 Å². The molecule has 11 atom stereocenters. The second-order valence-electron chi connectivity index (χ2n) is 25.0. The summed E-state index contributed by atoms with van der Waals surface area (Å²) in [5.41, 5.74) is 24.3. The van der Waals surface area contributed by atoms with Crippen molar-refractivity contribution in [3.63, 3.8) is 0 Å². The Morgan fingerprint density at radius 1 is 0.897 bits per heavy atom. The van der Waals surface area contributed by atoms with Crippen molar-refractivity contribution in [2.45, 2.75) is 152 Å². The molecule has 1 spiro atoms. The number of phenols is 1. The molecular formula is C71H88N6O10. The summed E-state index contributed by atoms with van der Waals surface area (Å²) >= 11 is 0. The van der Waals surface area contributed by atoms with Gasteiger partial charge in [0.2, 0.25) is 5.91 Å². The quantitative estimate of drug-likeness (QED) is 0.0267. The van der Waals surface area contributed by atoms with Gasteiger partial charge in [0.05, 0.1) is 30.5 Å². The Balaban J connectivity index is 1.06. The normalized spacial score (nSPS) is 30.5. The molecular weight excluding hydrogens is 1100 g/mol. The van der Waals surface area contributed by atoms with Gasteiger partial charge in [-0.25, -0.2) is 0 Å². The van der Waals surface area contributed by atoms with Gasteiger partial charge in [0.1, 0.15) is 24.6 Å². The zero-order chi connectivity index (χ0) is 62.0. The predicted molar refractivity (Wildman–Crippen MR) is 337 cm³/mol. The first-order valence-corrected chi connectivity index (χ1v) is 30.7. The van der Waals surface area contributed by atoms with Crippen LogP contribution in [0.2, 0.25) is 0 Å². The number of guanidine groups is 1. The molecule has 15 N–H and O–H groups in total. The van der Waals surface area contributed by atoms with Crippen molar-refractivity contribution in [1.29, 1.82) is 0 Å². The van der Waals surface area contributed by atoms with Crippen molar-refractivity contribution >= 4 is 17.6 Å². The molecule has 0 radical (unpaired) electrons. The number of allylic oxidation sites excluding steroid dienone is 5. The number of carbonyl (C=O) groups is 2. The van der Waals surface area contributed by atoms with Crippen molar-refractivity contribution < 1.29 is 50.1 Å². The summed E-state index contributed by atoms with van der Waals surface area (Å²) < 4.78 is 6.28. The Morgan fingerprint density at radius 2 is 1.64 bits per heavy atom. The molecule has 2 saturated carbocycles. The maximum Gasteiger partial charge on any atom is 0.243 e. The highest BCUT2D eigenvalue weighted by atomic mass is 16.5. The standard InChI is InChI=1S/C71H88N6O10/c1-44-13-9-22-52(43-87-36-8-7-16-47(30-35-71(44,85)86)18-10-17-46-14-5-4-6-15-46)56-32-34-70(65(56)82)60-29-28-54(79)38-48-19-11-20-49(37-48)39-58(59(41-76-68(73)74)50-24-26-53(78)27-25-50)62(81)42-75-64-63-51(21-12-23-57(63)66(72)77-67(64)83)40-61(80)45(2)55(60)31-33-69(70,3)84/h4-6,9,11-15,19-27,30,37,54,56,58-60,62,64-66,75,78-79,81-82,84-86H,1,10,16-18,28-29,31-36,38-43,72H2,2-3H3,(H,77,83)(H4,73,74,76)/b13-9+,47-30-,52-22-,55-45?/t54-,56+,58+,59+,60+,62+,64+,65+,66-,69+,70+/m0/s1. The molecule has 16 heteroatoms. The summed E-state index contributed by atoms with van der Waals surface area (Å²) in [6, 6.07) is 29.1. The van der Waals surface area contributed by atoms with Crippen LogP contribution in [0.1, 0.15) is 135 Å². The lowest BCUT2D eigenvalue weighted by molar-refractivity contribution is -0.168. The lowest BCUT2D eigenvalue weighted by Crippen LogP contribution is -2.59. The second-order valence-corrected chi connectivity index (χ2v) is 25.0. The van der Waals surface area contributed by atoms with Crippen LogP contribution in [0.3, 0.4) is 0 Å². The molecule has 0 saturated heterocycles. The number of carbonyl (C=O) groups excluding carboxylic acids is 2. The average Bonchev–Trinajstić information content (AvgIpc) is 1.67. The van der Waals surface area contributed by atoms with Gasteiger partial charge >= 0.3 is 0 Å². The summed E-state index contributed by atoms with van der Waals surface area (Å²) in [5, 5.41) is 90.1. The second kappa shape index (κ2) is 28.4. The zero-order valence-corrected chi connectivity index (χ0v) is 50.2. The maximum atomic E-state index is 15.2. The first-order chi connectivity index (χ1) is 41.6. The molecule has 2 aliphatic carbocycles. The number of aromatic hydroxyl groups is 1. The van der Waals surface area contributed by atoms with Crippen LogP contribution >= 0.6 is 0 Å². The Hall–Kier alpha value is -7.01. The van der Waals surface area contributed by atoms with E-state index in [1.54, 1.807) is 50.3 Å². The van der Waals surface area contributed by atoms with Crippen LogP contribution in [0.4, 0.5) is 0 Å². The number of hydrogen-bond acceptors (Lipinski definition) is 13. The smallest absolute Gasteiger partial charge is 0.243 e. The highest BCUT2D eigenvalue weighted by Gasteiger charge is 2.64. The minimum absolute atomic E-state index is 0.0623. The molecule has 3 aliphatic heterocycles. The molecule has 5 aliphatic rings. The minimum Gasteiger partial charge on any atom is -0.508 e. The largest absolute Gasteiger partial charge is 0.508 e. The lowest BCUT2D eigenvalue weighted by atomic mass is 9.52. The van der Waals surface area contributed by atoms with Crippen molar-refractivity contribution in [2.75, 3.05) is 26.3 Å². The number of ketones is 1. The minimum atomic E-state index is -2.24. The fourth-order valence-corrected chi connectivity index (χ4v) is 14.5. The van der Waals surface area contributed by atoms with E-state index in [2.05, 4.69) is 46.2 Å². The molecule has 2 bridgehead atoms. The number of fused-ring (bicyclic) bond motifs is 4. The molecule has 87 heavy (non-hydrogen) atoms. The van der Waals surface area contributed by atoms with Crippen LogP contribution in [0, 0.1) is 35.0 Å². The summed E-state index contributed by atoms with van der Waals surface area (Å²) in [5.74, 6) is 1.24. The summed E-state index contributed by atoms with van der Waals surface area (Å²) in [4.78, 5) is 33.9. The van der Waals surface area contributed by atoms with Gasteiger partial charge < -0.3 is 63.0 Å². The summed E-state index contributed by atoms with van der Waals surface area (Å²) in [7, 11) is 0. The van der Waals surface area contributed by atoms with E-state index in [0.717, 1.165) is 47.1 Å². The molecule has 462 valence electrons. The molecule has 0 unspecified atom stereocenters. The van der Waals surface area contributed by atoms with Crippen LogP contribution in [-0.2, 0) is 40.0 Å². The van der Waals surface area contributed by atoms with Crippen molar-refractivity contribution in [2.24, 2.45) is 45.4 Å².